The number of nitrogens with one attached hydrogen (secondary N) is 1. The molecule has 0 unspecified atom stereocenters. The molecular weight excluding hydrogens is 427 g/mol. The van der Waals surface area contributed by atoms with E-state index in [-0.39, 0.29) is 12.3 Å². The van der Waals surface area contributed by atoms with Crippen molar-refractivity contribution in [2.75, 3.05) is 51.7 Å². The van der Waals surface area contributed by atoms with Gasteiger partial charge >= 0.3 is 0 Å². The Bertz CT molecular complexity index is 1050. The predicted molar refractivity (Wildman–Crippen MR) is 126 cm³/mol. The van der Waals surface area contributed by atoms with Gasteiger partial charge in [0.15, 0.2) is 0 Å². The highest BCUT2D eigenvalue weighted by Gasteiger charge is 2.13. The summed E-state index contributed by atoms with van der Waals surface area (Å²) in [5, 5.41) is 5.54. The Morgan fingerprint density at radius 3 is 2.81 bits per heavy atom. The maximum Gasteiger partial charge on any atom is 0.229 e. The summed E-state index contributed by atoms with van der Waals surface area (Å²) in [6, 6.07) is 12.6. The van der Waals surface area contributed by atoms with E-state index in [1.807, 2.05) is 35.7 Å². The number of nitrogens with zero attached hydrogens (tertiary/aromatic N) is 3. The molecule has 4 rings (SSSR count). The fourth-order valence-electron chi connectivity index (χ4n) is 3.61. The molecule has 0 bridgehead atoms. The molecule has 1 fully saturated rings. The fraction of sp³-hybridized carbons (Fsp3) is 0.333. The Hall–Kier alpha value is -2.81. The van der Waals surface area contributed by atoms with Crippen molar-refractivity contribution in [3.63, 3.8) is 0 Å². The molecule has 0 spiro atoms. The summed E-state index contributed by atoms with van der Waals surface area (Å²) in [6.45, 7) is 5.86. The molecule has 0 aliphatic carbocycles. The van der Waals surface area contributed by atoms with Gasteiger partial charge in [-0.1, -0.05) is 12.1 Å². The van der Waals surface area contributed by atoms with E-state index in [1.54, 1.807) is 6.07 Å². The molecule has 0 atom stereocenters. The van der Waals surface area contributed by atoms with Crippen molar-refractivity contribution in [1.29, 1.82) is 0 Å². The number of rotatable bonds is 8. The van der Waals surface area contributed by atoms with Crippen LogP contribution >= 0.6 is 11.3 Å². The van der Waals surface area contributed by atoms with Crippen LogP contribution in [0.2, 0.25) is 0 Å². The van der Waals surface area contributed by atoms with Gasteiger partial charge in [-0.25, -0.2) is 4.98 Å². The van der Waals surface area contributed by atoms with Crippen LogP contribution in [0.15, 0.2) is 54.0 Å². The van der Waals surface area contributed by atoms with Gasteiger partial charge in [-0.2, -0.15) is 4.39 Å². The van der Waals surface area contributed by atoms with Gasteiger partial charge in [0, 0.05) is 50.4 Å². The minimum atomic E-state index is -0.523. The van der Waals surface area contributed by atoms with E-state index in [2.05, 4.69) is 27.1 Å². The van der Waals surface area contributed by atoms with Crippen LogP contribution in [0.1, 0.15) is 5.56 Å². The van der Waals surface area contributed by atoms with E-state index in [9.17, 15) is 9.18 Å². The number of thiophene rings is 1. The summed E-state index contributed by atoms with van der Waals surface area (Å²) in [5.41, 5.74) is 2.48. The number of likely N-dealkylation sites (N-methyl/N-ethyl adjacent to an activating group) is 1. The quantitative estimate of drug-likeness (QED) is 0.526. The number of amides is 1. The number of benzene rings is 1. The molecule has 1 N–H and O–H groups in total. The molecule has 3 heterocycles. The first-order chi connectivity index (χ1) is 15.5. The summed E-state index contributed by atoms with van der Waals surface area (Å²) < 4.78 is 19.3. The SMILES string of the molecule is CN1CCN(CCOc2cccc(CC(=O)Nc3cc(-c4ccnc(F)c4)cs3)c2)CC1. The second kappa shape index (κ2) is 10.7. The van der Waals surface area contributed by atoms with E-state index >= 15 is 0 Å². The third-order valence-electron chi connectivity index (χ3n) is 5.46. The van der Waals surface area contributed by atoms with Crippen LogP contribution in [-0.2, 0) is 11.2 Å². The first-order valence-corrected chi connectivity index (χ1v) is 11.6. The average Bonchev–Trinajstić information content (AvgIpc) is 3.24. The van der Waals surface area contributed by atoms with Crippen LogP contribution < -0.4 is 10.1 Å². The standard InChI is InChI=1S/C24H27FN4O2S/c1-28-7-9-29(10-8-28)11-12-31-21-4-2-3-18(13-21)14-23(30)27-24-16-20(17-32-24)19-5-6-26-22(25)15-19/h2-6,13,15-17H,7-12,14H2,1H3,(H,27,30). The van der Waals surface area contributed by atoms with Crippen LogP contribution in [0.3, 0.4) is 0 Å². The van der Waals surface area contributed by atoms with Gasteiger partial charge < -0.3 is 15.0 Å². The average molecular weight is 455 g/mol. The van der Waals surface area contributed by atoms with Crippen molar-refractivity contribution < 1.29 is 13.9 Å². The minimum Gasteiger partial charge on any atom is -0.492 e. The van der Waals surface area contributed by atoms with Crippen LogP contribution in [-0.4, -0.2) is 67.1 Å². The van der Waals surface area contributed by atoms with Crippen molar-refractivity contribution in [2.45, 2.75) is 6.42 Å². The van der Waals surface area contributed by atoms with Gasteiger partial charge in [-0.3, -0.25) is 9.69 Å². The maximum atomic E-state index is 13.3. The molecule has 1 saturated heterocycles. The topological polar surface area (TPSA) is 57.7 Å². The van der Waals surface area contributed by atoms with Gasteiger partial charge in [-0.15, -0.1) is 11.3 Å². The zero-order valence-corrected chi connectivity index (χ0v) is 18.9. The second-order valence-corrected chi connectivity index (χ2v) is 8.84. The van der Waals surface area contributed by atoms with E-state index in [4.69, 9.17) is 4.74 Å². The first-order valence-electron chi connectivity index (χ1n) is 10.7. The lowest BCUT2D eigenvalue weighted by Gasteiger charge is -2.32. The van der Waals surface area contributed by atoms with Gasteiger partial charge in [-0.05, 0) is 48.0 Å². The summed E-state index contributed by atoms with van der Waals surface area (Å²) in [4.78, 5) is 20.8. The number of carbonyl (C=O) groups excluding carboxylic acids is 1. The number of ether oxygens (including phenoxy) is 1. The highest BCUT2D eigenvalue weighted by atomic mass is 32.1. The highest BCUT2D eigenvalue weighted by molar-refractivity contribution is 7.14. The van der Waals surface area contributed by atoms with E-state index in [0.29, 0.717) is 6.61 Å². The Kier molecular flexibility index (Phi) is 7.47. The normalized spacial score (nSPS) is 14.9. The van der Waals surface area contributed by atoms with Crippen molar-refractivity contribution in [3.05, 3.63) is 65.6 Å². The Morgan fingerprint density at radius 2 is 2.00 bits per heavy atom. The number of halogens is 1. The summed E-state index contributed by atoms with van der Waals surface area (Å²) in [7, 11) is 2.15. The van der Waals surface area contributed by atoms with E-state index in [1.165, 1.54) is 23.6 Å². The van der Waals surface area contributed by atoms with Gasteiger partial charge in [0.2, 0.25) is 11.9 Å². The molecule has 1 amide bonds. The number of hydrogen-bond donors (Lipinski definition) is 1. The zero-order chi connectivity index (χ0) is 22.3. The third-order valence-corrected chi connectivity index (χ3v) is 6.30. The zero-order valence-electron chi connectivity index (χ0n) is 18.1. The van der Waals surface area contributed by atoms with Crippen molar-refractivity contribution in [1.82, 2.24) is 14.8 Å². The smallest absolute Gasteiger partial charge is 0.229 e. The Balaban J connectivity index is 1.26. The molecule has 2 aromatic heterocycles. The second-order valence-electron chi connectivity index (χ2n) is 7.93. The molecule has 1 aromatic carbocycles. The summed E-state index contributed by atoms with van der Waals surface area (Å²) in [6.07, 6.45) is 1.69. The number of aromatic nitrogens is 1. The Morgan fingerprint density at radius 1 is 1.16 bits per heavy atom. The Labute approximate surface area is 191 Å². The number of carbonyl (C=O) groups is 1. The molecule has 168 valence electrons. The fourth-order valence-corrected chi connectivity index (χ4v) is 4.44. The van der Waals surface area contributed by atoms with Crippen molar-refractivity contribution in [3.8, 4) is 16.9 Å². The molecule has 1 aliphatic heterocycles. The highest BCUT2D eigenvalue weighted by Crippen LogP contribution is 2.29. The molecule has 3 aromatic rings. The van der Waals surface area contributed by atoms with E-state index < -0.39 is 5.95 Å². The minimum absolute atomic E-state index is 0.103. The molecule has 8 heteroatoms. The van der Waals surface area contributed by atoms with Crippen LogP contribution in [0.4, 0.5) is 9.39 Å². The lowest BCUT2D eigenvalue weighted by molar-refractivity contribution is -0.115. The molecule has 0 saturated carbocycles. The molecule has 32 heavy (non-hydrogen) atoms. The van der Waals surface area contributed by atoms with Crippen molar-refractivity contribution in [2.24, 2.45) is 0 Å². The van der Waals surface area contributed by atoms with Crippen LogP contribution in [0.5, 0.6) is 5.75 Å². The molecular formula is C24H27FN4O2S. The number of hydrogen-bond acceptors (Lipinski definition) is 6. The summed E-state index contributed by atoms with van der Waals surface area (Å²) >= 11 is 1.41. The number of anilines is 1. The van der Waals surface area contributed by atoms with Gasteiger partial charge in [0.25, 0.3) is 0 Å². The molecule has 0 radical (unpaired) electrons. The van der Waals surface area contributed by atoms with Gasteiger partial charge in [0.1, 0.15) is 12.4 Å². The van der Waals surface area contributed by atoms with Gasteiger partial charge in [0.05, 0.1) is 11.4 Å². The summed E-state index contributed by atoms with van der Waals surface area (Å²) in [5.74, 6) is 0.154. The third kappa shape index (κ3) is 6.35. The van der Waals surface area contributed by atoms with Crippen molar-refractivity contribution >= 4 is 22.2 Å². The first kappa shape index (κ1) is 22.4. The van der Waals surface area contributed by atoms with Crippen LogP contribution in [0.25, 0.3) is 11.1 Å². The number of pyridine rings is 1. The molecule has 1 aliphatic rings. The lowest BCUT2D eigenvalue weighted by Crippen LogP contribution is -2.45. The monoisotopic (exact) mass is 454 g/mol. The predicted octanol–water partition coefficient (Wildman–Crippen LogP) is 3.76. The lowest BCUT2D eigenvalue weighted by atomic mass is 10.1. The molecule has 6 nitrogen and oxygen atoms in total. The van der Waals surface area contributed by atoms with E-state index in [0.717, 1.165) is 60.2 Å². The number of piperazine rings is 1. The van der Waals surface area contributed by atoms with Crippen LogP contribution in [0, 0.1) is 5.95 Å². The maximum absolute atomic E-state index is 13.3. The largest absolute Gasteiger partial charge is 0.492 e.